The van der Waals surface area contributed by atoms with Gasteiger partial charge in [-0.3, -0.25) is 0 Å². The van der Waals surface area contributed by atoms with Crippen LogP contribution in [0.5, 0.6) is 5.75 Å². The van der Waals surface area contributed by atoms with Crippen LogP contribution in [-0.4, -0.2) is 12.3 Å². The molecule has 1 aromatic heterocycles. The van der Waals surface area contributed by atoms with Gasteiger partial charge in [-0.1, -0.05) is 34.5 Å². The Morgan fingerprint density at radius 3 is 2.30 bits per heavy atom. The van der Waals surface area contributed by atoms with Gasteiger partial charge in [0.2, 0.25) is 12.4 Å². The predicted molar refractivity (Wildman–Crippen MR) is 76.4 cm³/mol. The smallest absolute Gasteiger partial charge is 0.573 e. The topological polar surface area (TPSA) is 48.5 Å². The molecular formula is C15H10ClF3N2O2. The van der Waals surface area contributed by atoms with Crippen LogP contribution in [0.25, 0.3) is 6.08 Å². The number of halogens is 4. The quantitative estimate of drug-likeness (QED) is 0.487. The van der Waals surface area contributed by atoms with Crippen LogP contribution < -0.4 is 14.5 Å². The summed E-state index contributed by atoms with van der Waals surface area (Å²) in [5, 5.41) is 15.4. The molecule has 0 unspecified atom stereocenters. The summed E-state index contributed by atoms with van der Waals surface area (Å²) in [6, 6.07) is 10.1. The van der Waals surface area contributed by atoms with E-state index < -0.39 is 12.3 Å². The Balaban J connectivity index is 2.13. The molecule has 0 saturated carbocycles. The summed E-state index contributed by atoms with van der Waals surface area (Å²) in [6.07, 6.45) is -0.332. The first-order valence-electron chi connectivity index (χ1n) is 6.29. The van der Waals surface area contributed by atoms with Crippen molar-refractivity contribution in [3.63, 3.8) is 0 Å². The van der Waals surface area contributed by atoms with Gasteiger partial charge in [0, 0.05) is 12.1 Å². The Hall–Kier alpha value is -2.54. The predicted octanol–water partition coefficient (Wildman–Crippen LogP) is 2.67. The van der Waals surface area contributed by atoms with Crippen molar-refractivity contribution in [1.82, 2.24) is 0 Å². The van der Waals surface area contributed by atoms with Gasteiger partial charge in [0.1, 0.15) is 5.75 Å². The molecule has 8 heteroatoms. The number of rotatable bonds is 4. The average molecular weight is 343 g/mol. The second-order valence-corrected chi connectivity index (χ2v) is 4.68. The maximum atomic E-state index is 12.1. The van der Waals surface area contributed by atoms with Crippen LogP contribution in [0.1, 0.15) is 5.56 Å². The molecule has 1 aromatic carbocycles. The van der Waals surface area contributed by atoms with E-state index in [-0.39, 0.29) is 10.8 Å². The van der Waals surface area contributed by atoms with Crippen molar-refractivity contribution in [2.24, 2.45) is 5.10 Å². The lowest BCUT2D eigenvalue weighted by Crippen LogP contribution is -2.32. The summed E-state index contributed by atoms with van der Waals surface area (Å²) in [5.41, 5.74) is 0.436. The van der Waals surface area contributed by atoms with E-state index in [9.17, 15) is 18.3 Å². The minimum absolute atomic E-state index is 0.175. The maximum absolute atomic E-state index is 12.1. The zero-order chi connectivity index (χ0) is 16.9. The van der Waals surface area contributed by atoms with Crippen molar-refractivity contribution in [3.8, 4) is 5.75 Å². The van der Waals surface area contributed by atoms with Gasteiger partial charge < -0.3 is 9.84 Å². The molecule has 4 nitrogen and oxygen atoms in total. The fourth-order valence-electron chi connectivity index (χ4n) is 1.58. The van der Waals surface area contributed by atoms with Crippen molar-refractivity contribution in [1.29, 1.82) is 0 Å². The Labute approximate surface area is 134 Å². The second-order valence-electron chi connectivity index (χ2n) is 4.27. The Bertz CT molecular complexity index is 714. The van der Waals surface area contributed by atoms with E-state index in [1.807, 2.05) is 0 Å². The van der Waals surface area contributed by atoms with E-state index in [1.54, 1.807) is 30.6 Å². The van der Waals surface area contributed by atoms with Crippen LogP contribution in [0.2, 0.25) is 0 Å². The van der Waals surface area contributed by atoms with Crippen LogP contribution >= 0.6 is 11.6 Å². The first-order valence-corrected chi connectivity index (χ1v) is 6.67. The normalized spacial score (nSPS) is 13.0. The Kier molecular flexibility index (Phi) is 5.23. The molecule has 2 rings (SSSR count). The van der Waals surface area contributed by atoms with Gasteiger partial charge >= 0.3 is 6.36 Å². The molecule has 0 N–H and O–H groups in total. The molecule has 0 bridgehead atoms. The van der Waals surface area contributed by atoms with Crippen LogP contribution in [0.15, 0.2) is 65.0 Å². The number of ether oxygens (including phenoxy) is 1. The molecule has 0 radical (unpaired) electrons. The molecule has 0 amide bonds. The van der Waals surface area contributed by atoms with Crippen LogP contribution in [-0.2, 0) is 0 Å². The average Bonchev–Trinajstić information content (AvgIpc) is 2.48. The fraction of sp³-hybridized carbons (Fsp3) is 0.0667. The van der Waals surface area contributed by atoms with Gasteiger partial charge in [0.05, 0.1) is 10.9 Å². The number of hydrogen-bond donors (Lipinski definition) is 0. The van der Waals surface area contributed by atoms with Crippen molar-refractivity contribution >= 4 is 23.6 Å². The van der Waals surface area contributed by atoms with Crippen LogP contribution in [0.3, 0.4) is 0 Å². The number of alkyl halides is 3. The Morgan fingerprint density at radius 2 is 1.74 bits per heavy atom. The number of pyridine rings is 1. The SMILES string of the molecule is [O-]C(=N\[n+]1ccccc1)/C(Cl)=C/c1ccc(OC(F)(F)F)cc1. The van der Waals surface area contributed by atoms with Gasteiger partial charge in [-0.05, 0) is 28.9 Å². The summed E-state index contributed by atoms with van der Waals surface area (Å²) >= 11 is 5.86. The molecule has 0 saturated heterocycles. The minimum Gasteiger partial charge on any atom is -0.853 e. The molecule has 23 heavy (non-hydrogen) atoms. The monoisotopic (exact) mass is 342 g/mol. The highest BCUT2D eigenvalue weighted by Gasteiger charge is 2.30. The van der Waals surface area contributed by atoms with Gasteiger partial charge in [-0.25, -0.2) is 0 Å². The van der Waals surface area contributed by atoms with Gasteiger partial charge in [0.25, 0.3) is 0 Å². The van der Waals surface area contributed by atoms with Crippen molar-refractivity contribution in [2.45, 2.75) is 6.36 Å². The number of benzene rings is 1. The lowest BCUT2D eigenvalue weighted by Gasteiger charge is -2.09. The molecule has 0 aliphatic rings. The second kappa shape index (κ2) is 7.15. The van der Waals surface area contributed by atoms with E-state index in [2.05, 4.69) is 9.84 Å². The highest BCUT2D eigenvalue weighted by atomic mass is 35.5. The van der Waals surface area contributed by atoms with E-state index in [0.717, 1.165) is 12.1 Å². The molecule has 0 spiro atoms. The highest BCUT2D eigenvalue weighted by Crippen LogP contribution is 2.23. The third-order valence-corrected chi connectivity index (χ3v) is 2.79. The standard InChI is InChI=1S/C15H10ClF3N2O2/c16-13(14(22)20-21-8-2-1-3-9-21)10-11-4-6-12(7-5-11)23-15(17,18)19/h1-10H/b13-10-. The number of nitrogens with zero attached hydrogens (tertiary/aromatic N) is 2. The summed E-state index contributed by atoms with van der Waals surface area (Å²) in [4.78, 5) is 0. The first-order chi connectivity index (χ1) is 10.8. The van der Waals surface area contributed by atoms with Crippen LogP contribution in [0, 0.1) is 0 Å². The largest absolute Gasteiger partial charge is 0.853 e. The molecule has 0 aliphatic carbocycles. The van der Waals surface area contributed by atoms with Crippen molar-refractivity contribution in [3.05, 3.63) is 65.5 Å². The minimum atomic E-state index is -4.75. The summed E-state index contributed by atoms with van der Waals surface area (Å²) in [7, 11) is 0. The lowest BCUT2D eigenvalue weighted by atomic mass is 10.2. The van der Waals surface area contributed by atoms with Crippen molar-refractivity contribution < 1.29 is 27.7 Å². The lowest BCUT2D eigenvalue weighted by molar-refractivity contribution is -0.681. The molecule has 2 aromatic rings. The van der Waals surface area contributed by atoms with Gasteiger partial charge in [-0.2, -0.15) is 0 Å². The summed E-state index contributed by atoms with van der Waals surface area (Å²) in [6.45, 7) is 0. The zero-order valence-electron chi connectivity index (χ0n) is 11.5. The third kappa shape index (κ3) is 5.63. The number of hydrogen-bond acceptors (Lipinski definition) is 3. The molecule has 1 heterocycles. The fourth-order valence-corrected chi connectivity index (χ4v) is 1.75. The first kappa shape index (κ1) is 16.8. The van der Waals surface area contributed by atoms with Crippen molar-refractivity contribution in [2.75, 3.05) is 0 Å². The summed E-state index contributed by atoms with van der Waals surface area (Å²) < 4.78 is 41.2. The molecule has 120 valence electrons. The Morgan fingerprint density at radius 1 is 1.13 bits per heavy atom. The molecule has 0 atom stereocenters. The van der Waals surface area contributed by atoms with E-state index in [0.29, 0.717) is 5.56 Å². The summed E-state index contributed by atoms with van der Waals surface area (Å²) in [5.74, 6) is -1.04. The molecule has 0 aliphatic heterocycles. The number of aromatic nitrogens is 1. The highest BCUT2D eigenvalue weighted by molar-refractivity contribution is 6.43. The maximum Gasteiger partial charge on any atom is 0.573 e. The molecular weight excluding hydrogens is 333 g/mol. The third-order valence-electron chi connectivity index (χ3n) is 2.52. The van der Waals surface area contributed by atoms with E-state index >= 15 is 0 Å². The molecule has 0 fully saturated rings. The van der Waals surface area contributed by atoms with Crippen LogP contribution in [0.4, 0.5) is 13.2 Å². The van der Waals surface area contributed by atoms with Gasteiger partial charge in [0.15, 0.2) is 0 Å². The van der Waals surface area contributed by atoms with Gasteiger partial charge in [-0.15, -0.1) is 13.2 Å². The van der Waals surface area contributed by atoms with E-state index in [4.69, 9.17) is 11.6 Å². The zero-order valence-corrected chi connectivity index (χ0v) is 12.3. The van der Waals surface area contributed by atoms with E-state index in [1.165, 1.54) is 22.9 Å².